The van der Waals surface area contributed by atoms with E-state index in [1.165, 1.54) is 12.8 Å². The van der Waals surface area contributed by atoms with E-state index in [-0.39, 0.29) is 24.0 Å². The van der Waals surface area contributed by atoms with Crippen molar-refractivity contribution >= 4 is 39.1 Å². The van der Waals surface area contributed by atoms with Crippen LogP contribution in [0.15, 0.2) is 69.8 Å². The molecule has 1 aliphatic heterocycles. The van der Waals surface area contributed by atoms with Crippen LogP contribution in [0.5, 0.6) is 0 Å². The molecule has 160 valence electrons. The number of hydrogen-bond donors (Lipinski definition) is 2. The van der Waals surface area contributed by atoms with E-state index in [0.717, 1.165) is 36.4 Å². The van der Waals surface area contributed by atoms with Gasteiger partial charge >= 0.3 is 0 Å². The van der Waals surface area contributed by atoms with Crippen molar-refractivity contribution in [3.05, 3.63) is 82.2 Å². The van der Waals surface area contributed by atoms with Crippen LogP contribution in [0, 0.1) is 0 Å². The zero-order valence-electron chi connectivity index (χ0n) is 17.1. The number of benzene rings is 2. The maximum absolute atomic E-state index is 12.6. The number of hydrogen-bond acceptors (Lipinski definition) is 4. The Kier molecular flexibility index (Phi) is 6.84. The van der Waals surface area contributed by atoms with Crippen LogP contribution in [0.4, 0.5) is 11.4 Å². The number of rotatable bonds is 7. The van der Waals surface area contributed by atoms with Crippen LogP contribution in [0.25, 0.3) is 0 Å². The van der Waals surface area contributed by atoms with Gasteiger partial charge in [0, 0.05) is 17.9 Å². The summed E-state index contributed by atoms with van der Waals surface area (Å²) in [6.07, 6.45) is 2.74. The summed E-state index contributed by atoms with van der Waals surface area (Å²) in [6, 6.07) is 18.5. The van der Waals surface area contributed by atoms with Crippen molar-refractivity contribution in [3.8, 4) is 0 Å². The average Bonchev–Trinajstić information content (AvgIpc) is 3.43. The molecule has 0 atom stereocenters. The van der Waals surface area contributed by atoms with Crippen LogP contribution in [0.1, 0.15) is 34.5 Å². The van der Waals surface area contributed by atoms with Crippen molar-refractivity contribution in [3.63, 3.8) is 0 Å². The molecule has 1 fully saturated rings. The van der Waals surface area contributed by atoms with E-state index in [1.54, 1.807) is 24.3 Å². The summed E-state index contributed by atoms with van der Waals surface area (Å²) in [5.74, 6) is -0.167. The van der Waals surface area contributed by atoms with Crippen LogP contribution in [-0.4, -0.2) is 29.8 Å². The summed E-state index contributed by atoms with van der Waals surface area (Å²) in [5.41, 5.74) is 3.51. The zero-order chi connectivity index (χ0) is 21.6. The minimum absolute atomic E-state index is 0.0638. The van der Waals surface area contributed by atoms with Crippen LogP contribution < -0.4 is 10.6 Å². The highest BCUT2D eigenvalue weighted by Crippen LogP contribution is 2.21. The van der Waals surface area contributed by atoms with Crippen LogP contribution in [0.2, 0.25) is 0 Å². The van der Waals surface area contributed by atoms with Crippen molar-refractivity contribution in [2.75, 3.05) is 23.7 Å². The Labute approximate surface area is 189 Å². The first-order valence-corrected chi connectivity index (χ1v) is 11.1. The first-order chi connectivity index (χ1) is 15.1. The molecule has 0 radical (unpaired) electrons. The lowest BCUT2D eigenvalue weighted by Gasteiger charge is -2.18. The lowest BCUT2D eigenvalue weighted by atomic mass is 10.1. The molecule has 31 heavy (non-hydrogen) atoms. The molecule has 3 aromatic rings. The molecule has 2 aromatic carbocycles. The van der Waals surface area contributed by atoms with E-state index in [9.17, 15) is 9.59 Å². The Bertz CT molecular complexity index is 1060. The summed E-state index contributed by atoms with van der Waals surface area (Å²) < 4.78 is 5.75. The maximum atomic E-state index is 12.6. The first kappa shape index (κ1) is 21.3. The Hall–Kier alpha value is -2.90. The molecule has 0 aliphatic carbocycles. The zero-order valence-corrected chi connectivity index (χ0v) is 18.7. The van der Waals surface area contributed by atoms with Gasteiger partial charge in [0.15, 0.2) is 10.4 Å². The van der Waals surface area contributed by atoms with Crippen molar-refractivity contribution in [2.24, 2.45) is 0 Å². The molecule has 0 saturated carbocycles. The lowest BCUT2D eigenvalue weighted by Crippen LogP contribution is -2.21. The minimum atomic E-state index is -0.328. The summed E-state index contributed by atoms with van der Waals surface area (Å²) >= 11 is 3.18. The number of carbonyl (C=O) groups excluding carboxylic acids is 2. The molecule has 2 amide bonds. The van der Waals surface area contributed by atoms with Crippen LogP contribution in [-0.2, 0) is 17.8 Å². The van der Waals surface area contributed by atoms with Gasteiger partial charge in [0.1, 0.15) is 0 Å². The molecule has 0 spiro atoms. The summed E-state index contributed by atoms with van der Waals surface area (Å²) in [6.45, 7) is 3.09. The van der Waals surface area contributed by atoms with Crippen molar-refractivity contribution in [1.29, 1.82) is 0 Å². The number of amides is 2. The van der Waals surface area contributed by atoms with Gasteiger partial charge in [-0.15, -0.1) is 0 Å². The number of anilines is 2. The van der Waals surface area contributed by atoms with Crippen LogP contribution >= 0.6 is 15.9 Å². The minimum Gasteiger partial charge on any atom is -0.444 e. The van der Waals surface area contributed by atoms with Crippen LogP contribution in [0.3, 0.4) is 0 Å². The molecule has 2 heterocycles. The molecule has 0 bridgehead atoms. The van der Waals surface area contributed by atoms with Gasteiger partial charge in [-0.25, -0.2) is 0 Å². The second-order valence-electron chi connectivity index (χ2n) is 7.62. The third-order valence-electron chi connectivity index (χ3n) is 5.26. The molecule has 1 saturated heterocycles. The summed E-state index contributed by atoms with van der Waals surface area (Å²) in [5, 5.41) is 5.83. The number of halogens is 1. The topological polar surface area (TPSA) is 74.6 Å². The second-order valence-corrected chi connectivity index (χ2v) is 8.40. The molecule has 1 aliphatic rings. The van der Waals surface area contributed by atoms with E-state index in [4.69, 9.17) is 4.42 Å². The second kappa shape index (κ2) is 9.94. The van der Waals surface area contributed by atoms with Crippen molar-refractivity contribution in [1.82, 2.24) is 4.90 Å². The highest BCUT2D eigenvalue weighted by molar-refractivity contribution is 9.10. The smallest absolute Gasteiger partial charge is 0.291 e. The van der Waals surface area contributed by atoms with E-state index in [1.807, 2.05) is 30.3 Å². The predicted molar refractivity (Wildman–Crippen MR) is 124 cm³/mol. The quantitative estimate of drug-likeness (QED) is 0.493. The van der Waals surface area contributed by atoms with Crippen molar-refractivity contribution < 1.29 is 14.0 Å². The molecule has 7 heteroatoms. The highest BCUT2D eigenvalue weighted by Gasteiger charge is 2.15. The SMILES string of the molecule is O=C(Cc1ccc(NC(=O)c2ccc(Br)o2)cc1)Nc1ccccc1CN1CCCC1. The Morgan fingerprint density at radius 1 is 0.935 bits per heavy atom. The fraction of sp³-hybridized carbons (Fsp3) is 0.250. The fourth-order valence-corrected chi connectivity index (χ4v) is 3.98. The third-order valence-corrected chi connectivity index (χ3v) is 5.68. The molecule has 2 N–H and O–H groups in total. The Balaban J connectivity index is 1.33. The molecular formula is C24H24BrN3O3. The number of para-hydroxylation sites is 1. The standard InChI is InChI=1S/C24H24BrN3O3/c25-22-12-11-21(31-22)24(30)26-19-9-7-17(8-10-19)15-23(29)27-20-6-2-1-5-18(20)16-28-13-3-4-14-28/h1-2,5-12H,3-4,13-16H2,(H,26,30)(H,27,29). The number of nitrogens with one attached hydrogen (secondary N) is 2. The van der Waals surface area contributed by atoms with Gasteiger partial charge < -0.3 is 15.1 Å². The van der Waals surface area contributed by atoms with E-state index in [2.05, 4.69) is 37.5 Å². The van der Waals surface area contributed by atoms with Gasteiger partial charge in [-0.1, -0.05) is 30.3 Å². The Morgan fingerprint density at radius 3 is 2.39 bits per heavy atom. The molecule has 1 aromatic heterocycles. The van der Waals surface area contributed by atoms with Gasteiger partial charge in [0.2, 0.25) is 5.91 Å². The van der Waals surface area contributed by atoms with Gasteiger partial charge in [-0.05, 0) is 83.3 Å². The van der Waals surface area contributed by atoms with Gasteiger partial charge in [-0.2, -0.15) is 0 Å². The number of nitrogens with zero attached hydrogens (tertiary/aromatic N) is 1. The lowest BCUT2D eigenvalue weighted by molar-refractivity contribution is -0.115. The monoisotopic (exact) mass is 481 g/mol. The van der Waals surface area contributed by atoms with E-state index < -0.39 is 0 Å². The van der Waals surface area contributed by atoms with E-state index in [0.29, 0.717) is 10.4 Å². The fourth-order valence-electron chi connectivity index (χ4n) is 3.68. The predicted octanol–water partition coefficient (Wildman–Crippen LogP) is 5.07. The largest absolute Gasteiger partial charge is 0.444 e. The Morgan fingerprint density at radius 2 is 1.68 bits per heavy atom. The van der Waals surface area contributed by atoms with E-state index >= 15 is 0 Å². The van der Waals surface area contributed by atoms with Gasteiger partial charge in [0.25, 0.3) is 5.91 Å². The maximum Gasteiger partial charge on any atom is 0.291 e. The highest BCUT2D eigenvalue weighted by atomic mass is 79.9. The molecular weight excluding hydrogens is 458 g/mol. The van der Waals surface area contributed by atoms with Gasteiger partial charge in [-0.3, -0.25) is 14.5 Å². The van der Waals surface area contributed by atoms with Gasteiger partial charge in [0.05, 0.1) is 6.42 Å². The van der Waals surface area contributed by atoms with Crippen molar-refractivity contribution in [2.45, 2.75) is 25.8 Å². The normalized spacial score (nSPS) is 13.8. The first-order valence-electron chi connectivity index (χ1n) is 10.3. The molecule has 4 rings (SSSR count). The number of likely N-dealkylation sites (tertiary alicyclic amines) is 1. The molecule has 6 nitrogen and oxygen atoms in total. The third kappa shape index (κ3) is 5.83. The number of furan rings is 1. The number of carbonyl (C=O) groups is 2. The average molecular weight is 482 g/mol. The summed E-state index contributed by atoms with van der Waals surface area (Å²) in [7, 11) is 0. The summed E-state index contributed by atoms with van der Waals surface area (Å²) in [4.78, 5) is 27.2. The molecule has 0 unspecified atom stereocenters.